The molecule has 5 heteroatoms. The van der Waals surface area contributed by atoms with Crippen LogP contribution in [0.3, 0.4) is 0 Å². The Morgan fingerprint density at radius 3 is 2.48 bits per heavy atom. The van der Waals surface area contributed by atoms with E-state index < -0.39 is 9.84 Å². The first-order valence-electron chi connectivity index (χ1n) is 7.70. The molecule has 124 valence electrons. The zero-order valence-electron chi connectivity index (χ0n) is 13.5. The molecule has 0 amide bonds. The summed E-state index contributed by atoms with van der Waals surface area (Å²) in [7, 11) is -3.00. The fraction of sp³-hybridized carbons (Fsp3) is 0.333. The van der Waals surface area contributed by atoms with Gasteiger partial charge >= 0.3 is 0 Å². The van der Waals surface area contributed by atoms with Crippen LogP contribution in [-0.2, 0) is 9.84 Å². The van der Waals surface area contributed by atoms with Crippen LogP contribution in [0.1, 0.15) is 24.9 Å². The van der Waals surface area contributed by atoms with Gasteiger partial charge in [-0.15, -0.1) is 0 Å². The summed E-state index contributed by atoms with van der Waals surface area (Å²) in [5, 5.41) is 3.49. The Bertz CT molecular complexity index is 714. The first-order valence-corrected chi connectivity index (χ1v) is 9.76. The molecule has 0 aromatic heterocycles. The van der Waals surface area contributed by atoms with Crippen LogP contribution in [0.5, 0.6) is 5.75 Å². The number of hydrogen-bond acceptors (Lipinski definition) is 4. The molecule has 0 heterocycles. The van der Waals surface area contributed by atoms with Crippen molar-refractivity contribution in [3.63, 3.8) is 0 Å². The van der Waals surface area contributed by atoms with Crippen LogP contribution in [0.15, 0.2) is 54.6 Å². The van der Waals surface area contributed by atoms with Crippen LogP contribution in [0.2, 0.25) is 0 Å². The van der Waals surface area contributed by atoms with Crippen molar-refractivity contribution in [3.8, 4) is 5.75 Å². The van der Waals surface area contributed by atoms with Crippen LogP contribution in [0.25, 0.3) is 0 Å². The van der Waals surface area contributed by atoms with E-state index in [1.165, 1.54) is 11.8 Å². The third kappa shape index (κ3) is 5.94. The zero-order valence-corrected chi connectivity index (χ0v) is 14.3. The van der Waals surface area contributed by atoms with Gasteiger partial charge in [0, 0.05) is 18.0 Å². The van der Waals surface area contributed by atoms with Crippen molar-refractivity contribution in [3.05, 3.63) is 60.2 Å². The summed E-state index contributed by atoms with van der Waals surface area (Å²) < 4.78 is 27.8. The van der Waals surface area contributed by atoms with Crippen LogP contribution in [-0.4, -0.2) is 27.0 Å². The molecule has 2 rings (SSSR count). The largest absolute Gasteiger partial charge is 0.492 e. The number of hydrogen-bond donors (Lipinski definition) is 1. The minimum Gasteiger partial charge on any atom is -0.492 e. The first kappa shape index (κ1) is 17.3. The highest BCUT2D eigenvalue weighted by Gasteiger charge is 2.09. The molecule has 4 nitrogen and oxygen atoms in total. The van der Waals surface area contributed by atoms with Crippen molar-refractivity contribution in [2.75, 3.05) is 23.9 Å². The van der Waals surface area contributed by atoms with Gasteiger partial charge in [-0.1, -0.05) is 43.3 Å². The lowest BCUT2D eigenvalue weighted by atomic mass is 10.0. The Kier molecular flexibility index (Phi) is 6.04. The molecule has 0 spiro atoms. The molecule has 1 unspecified atom stereocenters. The van der Waals surface area contributed by atoms with Gasteiger partial charge in [-0.3, -0.25) is 0 Å². The lowest BCUT2D eigenvalue weighted by Crippen LogP contribution is -2.12. The SMILES string of the molecule is CCC(Nc1cccc(OCCS(C)(=O)=O)c1)c1ccccc1. The molecular weight excluding hydrogens is 310 g/mol. The standard InChI is InChI=1S/C18H23NO3S/c1-3-18(15-8-5-4-6-9-15)19-16-10-7-11-17(14-16)22-12-13-23(2,20)21/h4-11,14,18-19H,3,12-13H2,1-2H3. The van der Waals surface area contributed by atoms with E-state index in [2.05, 4.69) is 24.4 Å². The highest BCUT2D eigenvalue weighted by molar-refractivity contribution is 7.90. The average molecular weight is 333 g/mol. The van der Waals surface area contributed by atoms with Crippen molar-refractivity contribution in [1.82, 2.24) is 0 Å². The van der Waals surface area contributed by atoms with Crippen molar-refractivity contribution < 1.29 is 13.2 Å². The summed E-state index contributed by atoms with van der Waals surface area (Å²) in [5.41, 5.74) is 2.19. The van der Waals surface area contributed by atoms with Crippen LogP contribution < -0.4 is 10.1 Å². The Morgan fingerprint density at radius 2 is 1.83 bits per heavy atom. The van der Waals surface area contributed by atoms with E-state index >= 15 is 0 Å². The quantitative estimate of drug-likeness (QED) is 0.801. The Morgan fingerprint density at radius 1 is 1.09 bits per heavy atom. The molecule has 0 saturated carbocycles. The number of ether oxygens (including phenoxy) is 1. The molecule has 0 fully saturated rings. The highest BCUT2D eigenvalue weighted by atomic mass is 32.2. The number of nitrogens with one attached hydrogen (secondary N) is 1. The maximum atomic E-state index is 11.1. The van der Waals surface area contributed by atoms with Crippen molar-refractivity contribution in [2.45, 2.75) is 19.4 Å². The number of anilines is 1. The van der Waals surface area contributed by atoms with E-state index in [0.717, 1.165) is 12.1 Å². The second-order valence-electron chi connectivity index (χ2n) is 5.52. The normalized spacial score (nSPS) is 12.6. The summed E-state index contributed by atoms with van der Waals surface area (Å²) in [6.07, 6.45) is 2.17. The van der Waals surface area contributed by atoms with E-state index in [1.54, 1.807) is 0 Å². The minimum atomic E-state index is -3.00. The molecular formula is C18H23NO3S. The third-order valence-electron chi connectivity index (χ3n) is 3.51. The van der Waals surface area contributed by atoms with Gasteiger partial charge in [0.15, 0.2) is 9.84 Å². The molecule has 1 atom stereocenters. The Labute approximate surface area is 138 Å². The van der Waals surface area contributed by atoms with Crippen LogP contribution in [0, 0.1) is 0 Å². The average Bonchev–Trinajstić information content (AvgIpc) is 2.53. The predicted molar refractivity (Wildman–Crippen MR) is 94.7 cm³/mol. The van der Waals surface area contributed by atoms with Crippen molar-refractivity contribution in [2.24, 2.45) is 0 Å². The smallest absolute Gasteiger partial charge is 0.150 e. The van der Waals surface area contributed by atoms with Crippen LogP contribution >= 0.6 is 0 Å². The van der Waals surface area contributed by atoms with E-state index in [4.69, 9.17) is 4.74 Å². The number of benzene rings is 2. The van der Waals surface area contributed by atoms with E-state index in [0.29, 0.717) is 5.75 Å². The second-order valence-corrected chi connectivity index (χ2v) is 7.78. The van der Waals surface area contributed by atoms with Gasteiger partial charge in [0.25, 0.3) is 0 Å². The van der Waals surface area contributed by atoms with Gasteiger partial charge in [0.1, 0.15) is 12.4 Å². The zero-order chi connectivity index (χ0) is 16.7. The molecule has 0 aliphatic rings. The molecule has 0 saturated heterocycles. The fourth-order valence-corrected chi connectivity index (χ4v) is 2.68. The highest BCUT2D eigenvalue weighted by Crippen LogP contribution is 2.25. The van der Waals surface area contributed by atoms with Gasteiger partial charge in [0.2, 0.25) is 0 Å². The van der Waals surface area contributed by atoms with E-state index in [9.17, 15) is 8.42 Å². The molecule has 0 bridgehead atoms. The number of rotatable bonds is 8. The molecule has 0 radical (unpaired) electrons. The van der Waals surface area contributed by atoms with Gasteiger partial charge in [-0.05, 0) is 24.1 Å². The number of sulfone groups is 1. The lowest BCUT2D eigenvalue weighted by Gasteiger charge is -2.19. The topological polar surface area (TPSA) is 55.4 Å². The first-order chi connectivity index (χ1) is 11.0. The summed E-state index contributed by atoms with van der Waals surface area (Å²) in [5.74, 6) is 0.688. The molecule has 23 heavy (non-hydrogen) atoms. The van der Waals surface area contributed by atoms with Gasteiger partial charge < -0.3 is 10.1 Å². The molecule has 0 aliphatic carbocycles. The minimum absolute atomic E-state index is 0.0201. The van der Waals surface area contributed by atoms with E-state index in [1.807, 2.05) is 42.5 Å². The fourth-order valence-electron chi connectivity index (χ4n) is 2.29. The van der Waals surface area contributed by atoms with Crippen molar-refractivity contribution >= 4 is 15.5 Å². The Hall–Kier alpha value is -2.01. The van der Waals surface area contributed by atoms with E-state index in [-0.39, 0.29) is 18.4 Å². The Balaban J connectivity index is 2.01. The maximum absolute atomic E-state index is 11.1. The monoisotopic (exact) mass is 333 g/mol. The summed E-state index contributed by atoms with van der Waals surface area (Å²) in [6.45, 7) is 2.30. The molecule has 2 aromatic rings. The summed E-state index contributed by atoms with van der Waals surface area (Å²) in [4.78, 5) is 0. The van der Waals surface area contributed by atoms with Gasteiger partial charge in [-0.25, -0.2) is 8.42 Å². The summed E-state index contributed by atoms with van der Waals surface area (Å²) in [6, 6.07) is 18.1. The molecule has 0 aliphatic heterocycles. The molecule has 1 N–H and O–H groups in total. The maximum Gasteiger partial charge on any atom is 0.150 e. The predicted octanol–water partition coefficient (Wildman–Crippen LogP) is 3.67. The van der Waals surface area contributed by atoms with Crippen LogP contribution in [0.4, 0.5) is 5.69 Å². The van der Waals surface area contributed by atoms with Crippen molar-refractivity contribution in [1.29, 1.82) is 0 Å². The molecule has 2 aromatic carbocycles. The third-order valence-corrected chi connectivity index (χ3v) is 4.42. The summed E-state index contributed by atoms with van der Waals surface area (Å²) >= 11 is 0. The van der Waals surface area contributed by atoms with Gasteiger partial charge in [0.05, 0.1) is 11.8 Å². The lowest BCUT2D eigenvalue weighted by molar-refractivity contribution is 0.341. The van der Waals surface area contributed by atoms with Gasteiger partial charge in [-0.2, -0.15) is 0 Å². The second kappa shape index (κ2) is 8.02.